The second-order valence-corrected chi connectivity index (χ2v) is 5.71. The van der Waals surface area contributed by atoms with Gasteiger partial charge in [-0.25, -0.2) is 9.59 Å². The highest BCUT2D eigenvalue weighted by atomic mass is 16.5. The standard InChI is InChI=1S/C19H18N2O4/c1-25-18(22)15-4-2-14(3-5-15)17-12-16(8-11-21(17)19(23)24)13-6-9-20-10-7-13/h2-7,9-10,12,17H,8,11H2,1H3,(H,23,24)/t17-/m0/s1. The predicted octanol–water partition coefficient (Wildman–Crippen LogP) is 3.38. The van der Waals surface area contributed by atoms with E-state index >= 15 is 0 Å². The first kappa shape index (κ1) is 16.7. The number of methoxy groups -OCH3 is 1. The highest BCUT2D eigenvalue weighted by Crippen LogP contribution is 2.33. The molecule has 6 nitrogen and oxygen atoms in total. The van der Waals surface area contributed by atoms with E-state index in [9.17, 15) is 14.7 Å². The summed E-state index contributed by atoms with van der Waals surface area (Å²) in [4.78, 5) is 28.6. The van der Waals surface area contributed by atoms with E-state index in [-0.39, 0.29) is 0 Å². The second-order valence-electron chi connectivity index (χ2n) is 5.71. The Kier molecular flexibility index (Phi) is 4.79. The summed E-state index contributed by atoms with van der Waals surface area (Å²) >= 11 is 0. The first-order valence-electron chi connectivity index (χ1n) is 7.89. The normalized spacial score (nSPS) is 16.9. The van der Waals surface area contributed by atoms with Crippen LogP contribution in [0.25, 0.3) is 5.57 Å². The largest absolute Gasteiger partial charge is 0.465 e. The van der Waals surface area contributed by atoms with Crippen molar-refractivity contribution in [2.45, 2.75) is 12.5 Å². The van der Waals surface area contributed by atoms with Crippen LogP contribution < -0.4 is 0 Å². The first-order chi connectivity index (χ1) is 12.1. The molecule has 0 unspecified atom stereocenters. The number of pyridine rings is 1. The third kappa shape index (κ3) is 3.52. The van der Waals surface area contributed by atoms with Crippen molar-refractivity contribution in [3.63, 3.8) is 0 Å². The van der Waals surface area contributed by atoms with Gasteiger partial charge < -0.3 is 9.84 Å². The summed E-state index contributed by atoms with van der Waals surface area (Å²) in [5.74, 6) is -0.418. The number of rotatable bonds is 3. The van der Waals surface area contributed by atoms with Crippen molar-refractivity contribution in [2.75, 3.05) is 13.7 Å². The van der Waals surface area contributed by atoms with Crippen LogP contribution in [0.15, 0.2) is 54.9 Å². The van der Waals surface area contributed by atoms with Crippen molar-refractivity contribution >= 4 is 17.6 Å². The molecular weight excluding hydrogens is 320 g/mol. The van der Waals surface area contributed by atoms with Gasteiger partial charge in [0, 0.05) is 18.9 Å². The van der Waals surface area contributed by atoms with Gasteiger partial charge in [-0.05, 0) is 47.4 Å². The summed E-state index contributed by atoms with van der Waals surface area (Å²) in [6.07, 6.45) is 5.08. The van der Waals surface area contributed by atoms with E-state index < -0.39 is 18.1 Å². The van der Waals surface area contributed by atoms with E-state index in [2.05, 4.69) is 4.98 Å². The molecule has 1 aromatic heterocycles. The van der Waals surface area contributed by atoms with Crippen molar-refractivity contribution < 1.29 is 19.4 Å². The minimum atomic E-state index is -0.966. The zero-order valence-electron chi connectivity index (χ0n) is 13.8. The second kappa shape index (κ2) is 7.17. The third-order valence-corrected chi connectivity index (χ3v) is 4.29. The summed E-state index contributed by atoms with van der Waals surface area (Å²) in [7, 11) is 1.33. The molecule has 0 aliphatic carbocycles. The van der Waals surface area contributed by atoms with Crippen LogP contribution in [-0.4, -0.2) is 40.7 Å². The van der Waals surface area contributed by atoms with Crippen LogP contribution in [0.5, 0.6) is 0 Å². The third-order valence-electron chi connectivity index (χ3n) is 4.29. The van der Waals surface area contributed by atoms with Crippen LogP contribution in [0.1, 0.15) is 33.9 Å². The maximum Gasteiger partial charge on any atom is 0.408 e. The lowest BCUT2D eigenvalue weighted by molar-refractivity contribution is 0.0600. The van der Waals surface area contributed by atoms with Crippen LogP contribution in [0.2, 0.25) is 0 Å². The molecular formula is C19H18N2O4. The molecule has 0 spiro atoms. The quantitative estimate of drug-likeness (QED) is 0.868. The summed E-state index contributed by atoms with van der Waals surface area (Å²) in [6.45, 7) is 0.410. The lowest BCUT2D eigenvalue weighted by atomic mass is 9.92. The molecule has 2 heterocycles. The number of amides is 1. The number of esters is 1. The van der Waals surface area contributed by atoms with Crippen molar-refractivity contribution in [1.82, 2.24) is 9.88 Å². The summed E-state index contributed by atoms with van der Waals surface area (Å²) in [5.41, 5.74) is 3.36. The van der Waals surface area contributed by atoms with E-state index in [0.717, 1.165) is 16.7 Å². The highest BCUT2D eigenvalue weighted by molar-refractivity contribution is 5.89. The van der Waals surface area contributed by atoms with Gasteiger partial charge in [0.25, 0.3) is 0 Å². The van der Waals surface area contributed by atoms with E-state index in [0.29, 0.717) is 18.5 Å². The minimum Gasteiger partial charge on any atom is -0.465 e. The smallest absolute Gasteiger partial charge is 0.408 e. The van der Waals surface area contributed by atoms with Crippen LogP contribution >= 0.6 is 0 Å². The average Bonchev–Trinajstić information content (AvgIpc) is 2.67. The molecule has 1 aliphatic heterocycles. The van der Waals surface area contributed by atoms with Crippen LogP contribution in [0.3, 0.4) is 0 Å². The number of hydrogen-bond donors (Lipinski definition) is 1. The molecule has 128 valence electrons. The SMILES string of the molecule is COC(=O)c1ccc([C@@H]2C=C(c3ccncc3)CCN2C(=O)O)cc1. The fourth-order valence-electron chi connectivity index (χ4n) is 2.98. The van der Waals surface area contributed by atoms with Gasteiger partial charge in [-0.3, -0.25) is 9.88 Å². The zero-order valence-corrected chi connectivity index (χ0v) is 13.8. The maximum atomic E-state index is 11.6. The lowest BCUT2D eigenvalue weighted by Crippen LogP contribution is -2.36. The Hall–Kier alpha value is -3.15. The van der Waals surface area contributed by atoms with Gasteiger partial charge in [0.2, 0.25) is 0 Å². The highest BCUT2D eigenvalue weighted by Gasteiger charge is 2.28. The summed E-state index contributed by atoms with van der Waals surface area (Å²) in [5, 5.41) is 9.52. The van der Waals surface area contributed by atoms with Gasteiger partial charge in [0.15, 0.2) is 0 Å². The number of carbonyl (C=O) groups excluding carboxylic acids is 1. The monoisotopic (exact) mass is 338 g/mol. The summed E-state index contributed by atoms with van der Waals surface area (Å²) in [6, 6.07) is 10.3. The molecule has 0 fully saturated rings. The molecule has 1 atom stereocenters. The van der Waals surface area contributed by atoms with Crippen LogP contribution in [0.4, 0.5) is 4.79 Å². The van der Waals surface area contributed by atoms with Crippen molar-refractivity contribution in [3.05, 3.63) is 71.6 Å². The van der Waals surface area contributed by atoms with Gasteiger partial charge in [-0.15, -0.1) is 0 Å². The minimum absolute atomic E-state index is 0.402. The number of carboxylic acid groups (broad SMARTS) is 1. The van der Waals surface area contributed by atoms with Gasteiger partial charge in [0.1, 0.15) is 0 Å². The topological polar surface area (TPSA) is 79.7 Å². The molecule has 0 saturated carbocycles. The van der Waals surface area contributed by atoms with Crippen molar-refractivity contribution in [3.8, 4) is 0 Å². The zero-order chi connectivity index (χ0) is 17.8. The Bertz CT molecular complexity index is 800. The molecule has 0 radical (unpaired) electrons. The number of aromatic nitrogens is 1. The van der Waals surface area contributed by atoms with Crippen molar-refractivity contribution in [1.29, 1.82) is 0 Å². The molecule has 1 N–H and O–H groups in total. The van der Waals surface area contributed by atoms with Gasteiger partial charge >= 0.3 is 12.1 Å². The molecule has 25 heavy (non-hydrogen) atoms. The average molecular weight is 338 g/mol. The Morgan fingerprint density at radius 3 is 2.44 bits per heavy atom. The molecule has 0 saturated heterocycles. The predicted molar refractivity (Wildman–Crippen MR) is 92.1 cm³/mol. The summed E-state index contributed by atoms with van der Waals surface area (Å²) < 4.78 is 4.69. The maximum absolute atomic E-state index is 11.6. The fraction of sp³-hybridized carbons (Fsp3) is 0.211. The molecule has 3 rings (SSSR count). The fourth-order valence-corrected chi connectivity index (χ4v) is 2.98. The van der Waals surface area contributed by atoms with E-state index in [1.54, 1.807) is 36.7 Å². The van der Waals surface area contributed by atoms with E-state index in [4.69, 9.17) is 4.74 Å². The van der Waals surface area contributed by atoms with E-state index in [1.807, 2.05) is 18.2 Å². The Morgan fingerprint density at radius 1 is 1.16 bits per heavy atom. The molecule has 1 amide bonds. The lowest BCUT2D eigenvalue weighted by Gasteiger charge is -2.33. The Balaban J connectivity index is 1.96. The molecule has 6 heteroatoms. The van der Waals surface area contributed by atoms with Crippen molar-refractivity contribution in [2.24, 2.45) is 0 Å². The number of hydrogen-bond acceptors (Lipinski definition) is 4. The molecule has 0 bridgehead atoms. The Morgan fingerprint density at radius 2 is 1.84 bits per heavy atom. The first-order valence-corrected chi connectivity index (χ1v) is 7.89. The van der Waals surface area contributed by atoms with E-state index in [1.165, 1.54) is 12.0 Å². The van der Waals surface area contributed by atoms with Gasteiger partial charge in [-0.2, -0.15) is 0 Å². The van der Waals surface area contributed by atoms with Crippen LogP contribution in [0, 0.1) is 0 Å². The van der Waals surface area contributed by atoms with Crippen LogP contribution in [-0.2, 0) is 4.74 Å². The van der Waals surface area contributed by atoms with Gasteiger partial charge in [0.05, 0.1) is 18.7 Å². The Labute approximate surface area is 145 Å². The molecule has 2 aromatic rings. The van der Waals surface area contributed by atoms with Gasteiger partial charge in [-0.1, -0.05) is 18.2 Å². The number of benzene rings is 1. The number of ether oxygens (including phenoxy) is 1. The number of carbonyl (C=O) groups is 2. The molecule has 1 aromatic carbocycles. The molecule has 1 aliphatic rings. The number of nitrogens with zero attached hydrogens (tertiary/aromatic N) is 2.